The van der Waals surface area contributed by atoms with Gasteiger partial charge in [0.05, 0.1) is 0 Å². The molecule has 0 radical (unpaired) electrons. The molecule has 0 amide bonds. The summed E-state index contributed by atoms with van der Waals surface area (Å²) in [5.41, 5.74) is 5.19. The Hall–Kier alpha value is -2.00. The molecule has 0 aromatic heterocycles. The molecule has 160 valence electrons. The van der Waals surface area contributed by atoms with Crippen LogP contribution in [0.1, 0.15) is 95.6 Å². The molecule has 0 N–H and O–H groups in total. The lowest BCUT2D eigenvalue weighted by atomic mass is 9.80. The quantitative estimate of drug-likeness (QED) is 0.291. The zero-order valence-corrected chi connectivity index (χ0v) is 19.3. The largest absolute Gasteiger partial charge is 0.0945 e. The van der Waals surface area contributed by atoms with E-state index >= 15 is 0 Å². The van der Waals surface area contributed by atoms with Gasteiger partial charge in [0.25, 0.3) is 0 Å². The van der Waals surface area contributed by atoms with Crippen molar-refractivity contribution in [2.75, 3.05) is 0 Å². The molecule has 1 fully saturated rings. The third-order valence-electron chi connectivity index (χ3n) is 6.72. The highest BCUT2D eigenvalue weighted by molar-refractivity contribution is 5.64. The van der Waals surface area contributed by atoms with Crippen LogP contribution >= 0.6 is 0 Å². The van der Waals surface area contributed by atoms with E-state index in [4.69, 9.17) is 0 Å². The number of benzene rings is 2. The van der Waals surface area contributed by atoms with Gasteiger partial charge >= 0.3 is 0 Å². The summed E-state index contributed by atoms with van der Waals surface area (Å²) in [6.45, 7) is 4.56. The van der Waals surface area contributed by atoms with Gasteiger partial charge in [0.2, 0.25) is 0 Å². The first kappa shape index (κ1) is 22.7. The first-order valence-electron chi connectivity index (χ1n) is 12.5. The summed E-state index contributed by atoms with van der Waals surface area (Å²) < 4.78 is 0. The van der Waals surface area contributed by atoms with Crippen LogP contribution in [0, 0.1) is 23.7 Å². The molecule has 0 bridgehead atoms. The van der Waals surface area contributed by atoms with E-state index in [-0.39, 0.29) is 0 Å². The van der Waals surface area contributed by atoms with Crippen molar-refractivity contribution < 1.29 is 0 Å². The smallest absolute Gasteiger partial charge is 0.0245 e. The molecule has 0 nitrogen and oxygen atoms in total. The predicted molar refractivity (Wildman–Crippen MR) is 132 cm³/mol. The van der Waals surface area contributed by atoms with E-state index in [1.165, 1.54) is 93.7 Å². The SMILES string of the molecule is CCCCCc1ccc(-c2ccc(C#CC3CCC(CCCCC)CC3)cc2)cc1. The molecular formula is C30H40. The van der Waals surface area contributed by atoms with Crippen LogP contribution in [-0.4, -0.2) is 0 Å². The fourth-order valence-electron chi connectivity index (χ4n) is 4.65. The van der Waals surface area contributed by atoms with Crippen molar-refractivity contribution >= 4 is 0 Å². The number of unbranched alkanes of at least 4 members (excludes halogenated alkanes) is 4. The second-order valence-electron chi connectivity index (χ2n) is 9.21. The van der Waals surface area contributed by atoms with Crippen molar-refractivity contribution in [2.24, 2.45) is 11.8 Å². The van der Waals surface area contributed by atoms with Crippen LogP contribution in [0.3, 0.4) is 0 Å². The van der Waals surface area contributed by atoms with Crippen LogP contribution < -0.4 is 0 Å². The first-order chi connectivity index (χ1) is 14.8. The van der Waals surface area contributed by atoms with Gasteiger partial charge in [-0.1, -0.05) is 101 Å². The van der Waals surface area contributed by atoms with Crippen LogP contribution in [0.2, 0.25) is 0 Å². The van der Waals surface area contributed by atoms with Gasteiger partial charge in [0, 0.05) is 11.5 Å². The van der Waals surface area contributed by atoms with E-state index in [9.17, 15) is 0 Å². The Morgan fingerprint density at radius 1 is 0.700 bits per heavy atom. The molecule has 0 aliphatic heterocycles. The van der Waals surface area contributed by atoms with Gasteiger partial charge in [-0.2, -0.15) is 0 Å². The summed E-state index contributed by atoms with van der Waals surface area (Å²) in [6.07, 6.45) is 16.1. The van der Waals surface area contributed by atoms with Gasteiger partial charge in [-0.3, -0.25) is 0 Å². The van der Waals surface area contributed by atoms with E-state index in [0.29, 0.717) is 5.92 Å². The first-order valence-corrected chi connectivity index (χ1v) is 12.5. The Labute approximate surface area is 185 Å². The highest BCUT2D eigenvalue weighted by Crippen LogP contribution is 2.31. The standard InChI is InChI=1S/C30H40/c1-3-5-7-9-25-11-13-27(14-12-25)15-16-28-19-23-30(24-20-28)29-21-17-26(18-22-29)10-8-6-4-2/h17-25,27H,3-14H2,1-2H3. The third-order valence-corrected chi connectivity index (χ3v) is 6.72. The Bertz CT molecular complexity index is 777. The second-order valence-corrected chi connectivity index (χ2v) is 9.21. The van der Waals surface area contributed by atoms with Gasteiger partial charge in [-0.05, 0) is 73.3 Å². The van der Waals surface area contributed by atoms with Gasteiger partial charge in [0.1, 0.15) is 0 Å². The molecule has 0 saturated heterocycles. The highest BCUT2D eigenvalue weighted by Gasteiger charge is 2.19. The van der Waals surface area contributed by atoms with Crippen LogP contribution in [0.4, 0.5) is 0 Å². The fourth-order valence-corrected chi connectivity index (χ4v) is 4.65. The lowest BCUT2D eigenvalue weighted by Gasteiger charge is -2.25. The lowest BCUT2D eigenvalue weighted by Crippen LogP contribution is -2.13. The summed E-state index contributed by atoms with van der Waals surface area (Å²) in [6, 6.07) is 17.9. The molecule has 1 aliphatic rings. The molecular weight excluding hydrogens is 360 g/mol. The molecule has 2 aromatic carbocycles. The van der Waals surface area contributed by atoms with E-state index in [0.717, 1.165) is 11.5 Å². The second kappa shape index (κ2) is 12.6. The lowest BCUT2D eigenvalue weighted by molar-refractivity contribution is 0.294. The van der Waals surface area contributed by atoms with E-state index in [1.807, 2.05) is 0 Å². The molecule has 1 saturated carbocycles. The number of hydrogen-bond acceptors (Lipinski definition) is 0. The Kier molecular flexibility index (Phi) is 9.56. The molecule has 0 heteroatoms. The van der Waals surface area contributed by atoms with E-state index < -0.39 is 0 Å². The van der Waals surface area contributed by atoms with Crippen molar-refractivity contribution in [3.8, 4) is 23.0 Å². The monoisotopic (exact) mass is 400 g/mol. The molecule has 0 unspecified atom stereocenters. The van der Waals surface area contributed by atoms with Crippen LogP contribution in [0.5, 0.6) is 0 Å². The minimum absolute atomic E-state index is 0.604. The van der Waals surface area contributed by atoms with E-state index in [2.05, 4.69) is 74.2 Å². The Balaban J connectivity index is 1.48. The summed E-state index contributed by atoms with van der Waals surface area (Å²) in [4.78, 5) is 0. The minimum Gasteiger partial charge on any atom is -0.0945 e. The fraction of sp³-hybridized carbons (Fsp3) is 0.533. The van der Waals surface area contributed by atoms with Crippen LogP contribution in [-0.2, 0) is 6.42 Å². The highest BCUT2D eigenvalue weighted by atomic mass is 14.2. The van der Waals surface area contributed by atoms with Crippen molar-refractivity contribution in [1.29, 1.82) is 0 Å². The average molecular weight is 401 g/mol. The topological polar surface area (TPSA) is 0 Å². The normalized spacial score (nSPS) is 18.6. The summed E-state index contributed by atoms with van der Waals surface area (Å²) in [7, 11) is 0. The number of hydrogen-bond donors (Lipinski definition) is 0. The number of aryl methyl sites for hydroxylation is 1. The molecule has 1 aliphatic carbocycles. The van der Waals surface area contributed by atoms with Gasteiger partial charge < -0.3 is 0 Å². The zero-order chi connectivity index (χ0) is 21.0. The van der Waals surface area contributed by atoms with Crippen molar-refractivity contribution in [1.82, 2.24) is 0 Å². The predicted octanol–water partition coefficient (Wildman–Crippen LogP) is 8.82. The third kappa shape index (κ3) is 7.36. The molecule has 0 atom stereocenters. The van der Waals surface area contributed by atoms with Crippen molar-refractivity contribution in [2.45, 2.75) is 90.9 Å². The van der Waals surface area contributed by atoms with E-state index in [1.54, 1.807) is 0 Å². The van der Waals surface area contributed by atoms with Crippen LogP contribution in [0.15, 0.2) is 48.5 Å². The molecule has 0 heterocycles. The summed E-state index contributed by atoms with van der Waals surface area (Å²) in [5.74, 6) is 8.58. The average Bonchev–Trinajstić information content (AvgIpc) is 2.80. The Morgan fingerprint density at radius 3 is 1.93 bits per heavy atom. The maximum absolute atomic E-state index is 3.57. The van der Waals surface area contributed by atoms with Crippen molar-refractivity contribution in [3.63, 3.8) is 0 Å². The molecule has 30 heavy (non-hydrogen) atoms. The molecule has 3 rings (SSSR count). The Morgan fingerprint density at radius 2 is 1.30 bits per heavy atom. The van der Waals surface area contributed by atoms with Crippen LogP contribution in [0.25, 0.3) is 11.1 Å². The maximum Gasteiger partial charge on any atom is 0.0245 e. The molecule has 0 spiro atoms. The van der Waals surface area contributed by atoms with Crippen molar-refractivity contribution in [3.05, 3.63) is 59.7 Å². The van der Waals surface area contributed by atoms with Gasteiger partial charge in [0.15, 0.2) is 0 Å². The zero-order valence-electron chi connectivity index (χ0n) is 19.3. The maximum atomic E-state index is 3.57. The van der Waals surface area contributed by atoms with Gasteiger partial charge in [-0.25, -0.2) is 0 Å². The molecule has 2 aromatic rings. The van der Waals surface area contributed by atoms with Gasteiger partial charge in [-0.15, -0.1) is 0 Å². The summed E-state index contributed by atoms with van der Waals surface area (Å²) in [5, 5.41) is 0. The minimum atomic E-state index is 0.604. The summed E-state index contributed by atoms with van der Waals surface area (Å²) >= 11 is 0. The number of rotatable bonds is 9.